The smallest absolute Gasteiger partial charge is 0.125 e. The van der Waals surface area contributed by atoms with Crippen LogP contribution in [0, 0.1) is 12.7 Å². The zero-order chi connectivity index (χ0) is 11.0. The molecule has 0 aliphatic carbocycles. The van der Waals surface area contributed by atoms with E-state index < -0.39 is 0 Å². The molecule has 1 aromatic heterocycles. The normalized spacial score (nSPS) is 10.5. The molecule has 2 aromatic rings. The predicted molar refractivity (Wildman–Crippen MR) is 70.7 cm³/mol. The number of hydrogen-bond donors (Lipinski definition) is 2. The maximum Gasteiger partial charge on any atom is 0.125 e. The molecule has 1 aromatic carbocycles. The van der Waals surface area contributed by atoms with E-state index in [2.05, 4.69) is 20.9 Å². The molecule has 5 heteroatoms. The second-order valence-corrected chi connectivity index (χ2v) is 4.43. The predicted octanol–water partition coefficient (Wildman–Crippen LogP) is 3.30. The summed E-state index contributed by atoms with van der Waals surface area (Å²) >= 11 is 3.34. The highest BCUT2D eigenvalue weighted by atomic mass is 79.9. The van der Waals surface area contributed by atoms with Crippen LogP contribution < -0.4 is 5.73 Å². The van der Waals surface area contributed by atoms with E-state index in [1.54, 1.807) is 6.07 Å². The molecule has 0 amide bonds. The Balaban J connectivity index is 0.00000128. The molecule has 0 atom stereocenters. The number of hydrogen-bond acceptors (Lipinski definition) is 1. The minimum Gasteiger partial charge on any atom is -0.357 e. The second kappa shape index (κ2) is 5.17. The average Bonchev–Trinajstić information content (AvgIpc) is 2.46. The molecule has 0 unspecified atom stereocenters. The minimum atomic E-state index is -0.230. The average molecular weight is 308 g/mol. The van der Waals surface area contributed by atoms with Crippen LogP contribution in [-0.2, 0) is 6.42 Å². The number of nitrogens with one attached hydrogen (secondary N) is 1. The number of nitrogens with two attached hydrogens (primary N) is 1. The van der Waals surface area contributed by atoms with Crippen molar-refractivity contribution in [1.82, 2.24) is 4.98 Å². The lowest BCUT2D eigenvalue weighted by Gasteiger charge is -1.99. The molecular formula is C11H13BrClFN2. The largest absolute Gasteiger partial charge is 0.357 e. The third kappa shape index (κ3) is 2.24. The molecule has 1 heterocycles. The number of fused-ring (bicyclic) bond motifs is 1. The molecule has 0 bridgehead atoms. The summed E-state index contributed by atoms with van der Waals surface area (Å²) in [5.74, 6) is -0.230. The van der Waals surface area contributed by atoms with Gasteiger partial charge in [0.05, 0.1) is 5.52 Å². The first-order valence-electron chi connectivity index (χ1n) is 4.79. The maximum atomic E-state index is 13.3. The van der Waals surface area contributed by atoms with Gasteiger partial charge in [0.1, 0.15) is 5.82 Å². The van der Waals surface area contributed by atoms with E-state index in [0.29, 0.717) is 6.54 Å². The number of aromatic nitrogens is 1. The summed E-state index contributed by atoms with van der Waals surface area (Å²) in [5.41, 5.74) is 8.64. The lowest BCUT2D eigenvalue weighted by molar-refractivity contribution is 0.629. The molecular weight excluding hydrogens is 294 g/mol. The monoisotopic (exact) mass is 306 g/mol. The fourth-order valence-electron chi connectivity index (χ4n) is 1.87. The number of rotatable bonds is 2. The summed E-state index contributed by atoms with van der Waals surface area (Å²) in [5, 5.41) is 0.921. The topological polar surface area (TPSA) is 41.8 Å². The first-order valence-corrected chi connectivity index (χ1v) is 5.59. The van der Waals surface area contributed by atoms with Crippen LogP contribution in [0.3, 0.4) is 0 Å². The molecule has 2 nitrogen and oxygen atoms in total. The van der Waals surface area contributed by atoms with E-state index in [9.17, 15) is 4.39 Å². The van der Waals surface area contributed by atoms with E-state index in [1.165, 1.54) is 6.07 Å². The highest BCUT2D eigenvalue weighted by Gasteiger charge is 2.11. The van der Waals surface area contributed by atoms with Gasteiger partial charge in [-0.25, -0.2) is 4.39 Å². The molecule has 0 spiro atoms. The molecule has 0 aliphatic rings. The van der Waals surface area contributed by atoms with Crippen LogP contribution in [0.1, 0.15) is 11.3 Å². The Morgan fingerprint density at radius 2 is 2.12 bits per heavy atom. The zero-order valence-electron chi connectivity index (χ0n) is 8.81. The summed E-state index contributed by atoms with van der Waals surface area (Å²) in [6.07, 6.45) is 0.766. The SMILES string of the molecule is Cc1[nH]c2c(Br)cc(F)cc2c1CCN.Cl. The number of H-pyrrole nitrogens is 1. The standard InChI is InChI=1S/C11H12BrFN2.ClH/c1-6-8(2-3-14)9-4-7(13)5-10(12)11(9)15-6;/h4-5,15H,2-3,14H2,1H3;1H. The van der Waals surface area contributed by atoms with Crippen molar-refractivity contribution in [2.75, 3.05) is 6.54 Å². The lowest BCUT2D eigenvalue weighted by Crippen LogP contribution is -2.03. The summed E-state index contributed by atoms with van der Waals surface area (Å²) in [4.78, 5) is 3.24. The van der Waals surface area contributed by atoms with Crippen LogP contribution in [0.2, 0.25) is 0 Å². The molecule has 0 saturated heterocycles. The first kappa shape index (κ1) is 13.5. The molecule has 0 radical (unpaired) electrons. The van der Waals surface area contributed by atoms with Crippen molar-refractivity contribution in [3.8, 4) is 0 Å². The summed E-state index contributed by atoms with van der Waals surface area (Å²) in [6, 6.07) is 3.01. The third-order valence-corrected chi connectivity index (χ3v) is 3.17. The van der Waals surface area contributed by atoms with Crippen LogP contribution in [0.25, 0.3) is 10.9 Å². The van der Waals surface area contributed by atoms with Crippen LogP contribution in [0.15, 0.2) is 16.6 Å². The fourth-order valence-corrected chi connectivity index (χ4v) is 2.40. The van der Waals surface area contributed by atoms with Gasteiger partial charge < -0.3 is 10.7 Å². The first-order chi connectivity index (χ1) is 7.13. The molecule has 0 aliphatic heterocycles. The Kier molecular flexibility index (Phi) is 4.35. The number of aryl methyl sites for hydroxylation is 1. The minimum absolute atomic E-state index is 0. The van der Waals surface area contributed by atoms with Gasteiger partial charge in [-0.2, -0.15) is 0 Å². The van der Waals surface area contributed by atoms with Crippen molar-refractivity contribution in [1.29, 1.82) is 0 Å². The van der Waals surface area contributed by atoms with Gasteiger partial charge in [0.2, 0.25) is 0 Å². The summed E-state index contributed by atoms with van der Waals surface area (Å²) < 4.78 is 14.0. The molecule has 2 rings (SSSR count). The van der Waals surface area contributed by atoms with Crippen LogP contribution in [0.5, 0.6) is 0 Å². The zero-order valence-corrected chi connectivity index (χ0v) is 11.2. The van der Waals surface area contributed by atoms with Crippen molar-refractivity contribution in [2.45, 2.75) is 13.3 Å². The van der Waals surface area contributed by atoms with Gasteiger partial charge in [-0.3, -0.25) is 0 Å². The van der Waals surface area contributed by atoms with E-state index in [0.717, 1.165) is 33.1 Å². The highest BCUT2D eigenvalue weighted by molar-refractivity contribution is 9.10. The van der Waals surface area contributed by atoms with Gasteiger partial charge in [-0.1, -0.05) is 0 Å². The Morgan fingerprint density at radius 1 is 1.44 bits per heavy atom. The highest BCUT2D eigenvalue weighted by Crippen LogP contribution is 2.29. The summed E-state index contributed by atoms with van der Waals surface area (Å²) in [6.45, 7) is 2.55. The van der Waals surface area contributed by atoms with Gasteiger partial charge in [0, 0.05) is 15.6 Å². The fraction of sp³-hybridized carbons (Fsp3) is 0.273. The van der Waals surface area contributed by atoms with E-state index in [-0.39, 0.29) is 18.2 Å². The Morgan fingerprint density at radius 3 is 2.75 bits per heavy atom. The van der Waals surface area contributed by atoms with Crippen LogP contribution in [0.4, 0.5) is 4.39 Å². The van der Waals surface area contributed by atoms with Crippen molar-refractivity contribution in [3.05, 3.63) is 33.7 Å². The van der Waals surface area contributed by atoms with Crippen molar-refractivity contribution >= 4 is 39.2 Å². The van der Waals surface area contributed by atoms with Gasteiger partial charge in [0.15, 0.2) is 0 Å². The van der Waals surface area contributed by atoms with Gasteiger partial charge in [0.25, 0.3) is 0 Å². The quantitative estimate of drug-likeness (QED) is 0.878. The third-order valence-electron chi connectivity index (χ3n) is 2.54. The Bertz CT molecular complexity index is 510. The second-order valence-electron chi connectivity index (χ2n) is 3.58. The number of halogens is 3. The van der Waals surface area contributed by atoms with Crippen LogP contribution in [-0.4, -0.2) is 11.5 Å². The van der Waals surface area contributed by atoms with E-state index in [4.69, 9.17) is 5.73 Å². The number of benzene rings is 1. The van der Waals surface area contributed by atoms with Gasteiger partial charge in [-0.15, -0.1) is 12.4 Å². The number of aromatic amines is 1. The van der Waals surface area contributed by atoms with Crippen molar-refractivity contribution < 1.29 is 4.39 Å². The van der Waals surface area contributed by atoms with E-state index >= 15 is 0 Å². The Hall–Kier alpha value is -0.580. The molecule has 0 fully saturated rings. The molecule has 88 valence electrons. The van der Waals surface area contributed by atoms with E-state index in [1.807, 2.05) is 6.92 Å². The van der Waals surface area contributed by atoms with Crippen molar-refractivity contribution in [3.63, 3.8) is 0 Å². The molecule has 16 heavy (non-hydrogen) atoms. The van der Waals surface area contributed by atoms with Crippen LogP contribution >= 0.6 is 28.3 Å². The molecule has 0 saturated carbocycles. The van der Waals surface area contributed by atoms with Crippen molar-refractivity contribution in [2.24, 2.45) is 5.73 Å². The Labute approximate surface area is 108 Å². The lowest BCUT2D eigenvalue weighted by atomic mass is 10.1. The maximum absolute atomic E-state index is 13.3. The van der Waals surface area contributed by atoms with Gasteiger partial charge in [-0.05, 0) is 53.5 Å². The molecule has 3 N–H and O–H groups in total. The van der Waals surface area contributed by atoms with Gasteiger partial charge >= 0.3 is 0 Å². The summed E-state index contributed by atoms with van der Waals surface area (Å²) in [7, 11) is 0.